The molecule has 2 aromatic carbocycles. The molecule has 140 valence electrons. The van der Waals surface area contributed by atoms with Crippen molar-refractivity contribution in [3.8, 4) is 0 Å². The van der Waals surface area contributed by atoms with Crippen LogP contribution in [0.2, 0.25) is 0 Å². The SMILES string of the molecule is COC(=O)C[C@H](CC(=O)O[C@@H](C)c1cccc2ccccc12)C(C)(C)C. The van der Waals surface area contributed by atoms with Crippen LogP contribution in [0.15, 0.2) is 42.5 Å². The van der Waals surface area contributed by atoms with E-state index in [1.807, 2.05) is 70.2 Å². The summed E-state index contributed by atoms with van der Waals surface area (Å²) in [6, 6.07) is 14.0. The highest BCUT2D eigenvalue weighted by Crippen LogP contribution is 2.33. The predicted octanol–water partition coefficient (Wildman–Crippen LogP) is 5.06. The molecule has 2 aromatic rings. The highest BCUT2D eigenvalue weighted by atomic mass is 16.5. The maximum Gasteiger partial charge on any atom is 0.306 e. The monoisotopic (exact) mass is 356 g/mol. The molecule has 2 rings (SSSR count). The Kier molecular flexibility index (Phi) is 6.41. The summed E-state index contributed by atoms with van der Waals surface area (Å²) < 4.78 is 10.5. The third kappa shape index (κ3) is 5.07. The number of esters is 2. The lowest BCUT2D eigenvalue weighted by Crippen LogP contribution is -2.27. The Hall–Kier alpha value is -2.36. The van der Waals surface area contributed by atoms with Crippen molar-refractivity contribution in [1.82, 2.24) is 0 Å². The van der Waals surface area contributed by atoms with Gasteiger partial charge in [0, 0.05) is 12.8 Å². The molecule has 0 amide bonds. The molecule has 0 unspecified atom stereocenters. The standard InChI is InChI=1S/C22H28O4/c1-15(18-12-8-10-16-9-6-7-11-19(16)18)26-21(24)14-17(22(2,3)4)13-20(23)25-5/h6-12,15,17H,13-14H2,1-5H3/t15-,17+/m0/s1. The van der Waals surface area contributed by atoms with Crippen molar-refractivity contribution < 1.29 is 19.1 Å². The first-order valence-corrected chi connectivity index (χ1v) is 8.96. The molecule has 0 aliphatic rings. The van der Waals surface area contributed by atoms with Crippen molar-refractivity contribution in [2.45, 2.75) is 46.6 Å². The molecule has 4 nitrogen and oxygen atoms in total. The fourth-order valence-electron chi connectivity index (χ4n) is 3.08. The van der Waals surface area contributed by atoms with Gasteiger partial charge in [-0.1, -0.05) is 63.2 Å². The minimum Gasteiger partial charge on any atom is -0.469 e. The van der Waals surface area contributed by atoms with Crippen molar-refractivity contribution in [3.63, 3.8) is 0 Å². The van der Waals surface area contributed by atoms with Crippen LogP contribution in [0.4, 0.5) is 0 Å². The average molecular weight is 356 g/mol. The molecule has 0 N–H and O–H groups in total. The van der Waals surface area contributed by atoms with E-state index in [-0.39, 0.29) is 42.2 Å². The molecule has 0 fully saturated rings. The van der Waals surface area contributed by atoms with Crippen LogP contribution in [0.3, 0.4) is 0 Å². The molecule has 0 aromatic heterocycles. The minimum absolute atomic E-state index is 0.137. The summed E-state index contributed by atoms with van der Waals surface area (Å²) in [4.78, 5) is 24.2. The second-order valence-corrected chi connectivity index (χ2v) is 7.75. The van der Waals surface area contributed by atoms with Gasteiger partial charge in [-0.2, -0.15) is 0 Å². The van der Waals surface area contributed by atoms with Crippen LogP contribution < -0.4 is 0 Å². The summed E-state index contributed by atoms with van der Waals surface area (Å²) in [7, 11) is 1.36. The zero-order chi connectivity index (χ0) is 19.3. The molecule has 0 saturated heterocycles. The molecular formula is C22H28O4. The van der Waals surface area contributed by atoms with Gasteiger partial charge in [-0.25, -0.2) is 0 Å². The van der Waals surface area contributed by atoms with Gasteiger partial charge in [0.05, 0.1) is 7.11 Å². The van der Waals surface area contributed by atoms with E-state index in [1.165, 1.54) is 7.11 Å². The lowest BCUT2D eigenvalue weighted by Gasteiger charge is -2.29. The highest BCUT2D eigenvalue weighted by Gasteiger charge is 2.30. The van der Waals surface area contributed by atoms with Crippen LogP contribution in [0, 0.1) is 11.3 Å². The molecule has 0 aliphatic heterocycles. The quantitative estimate of drug-likeness (QED) is 0.679. The highest BCUT2D eigenvalue weighted by molar-refractivity contribution is 5.86. The molecule has 4 heteroatoms. The Labute approximate surface area is 155 Å². The lowest BCUT2D eigenvalue weighted by molar-refractivity contribution is -0.152. The maximum absolute atomic E-state index is 12.5. The number of carbonyl (C=O) groups is 2. The second-order valence-electron chi connectivity index (χ2n) is 7.75. The average Bonchev–Trinajstić information content (AvgIpc) is 2.59. The van der Waals surface area contributed by atoms with E-state index in [0.717, 1.165) is 16.3 Å². The van der Waals surface area contributed by atoms with Crippen LogP contribution in [-0.4, -0.2) is 19.0 Å². The van der Waals surface area contributed by atoms with Gasteiger partial charge < -0.3 is 9.47 Å². The number of rotatable bonds is 6. The second kappa shape index (κ2) is 8.35. The zero-order valence-electron chi connectivity index (χ0n) is 16.2. The summed E-state index contributed by atoms with van der Waals surface area (Å²) in [6.45, 7) is 7.93. The third-order valence-corrected chi connectivity index (χ3v) is 4.85. The first-order chi connectivity index (χ1) is 12.2. The van der Waals surface area contributed by atoms with Crippen LogP contribution >= 0.6 is 0 Å². The van der Waals surface area contributed by atoms with Gasteiger partial charge in [0.25, 0.3) is 0 Å². The molecule has 0 heterocycles. The van der Waals surface area contributed by atoms with E-state index in [2.05, 4.69) is 0 Å². The third-order valence-electron chi connectivity index (χ3n) is 4.85. The Morgan fingerprint density at radius 1 is 0.962 bits per heavy atom. The van der Waals surface area contributed by atoms with Crippen molar-refractivity contribution in [2.24, 2.45) is 11.3 Å². The molecule has 0 saturated carbocycles. The Morgan fingerprint density at radius 3 is 2.23 bits per heavy atom. The van der Waals surface area contributed by atoms with E-state index in [1.54, 1.807) is 0 Å². The molecule has 0 aliphatic carbocycles. The van der Waals surface area contributed by atoms with E-state index in [9.17, 15) is 9.59 Å². The first kappa shape index (κ1) is 20.0. The largest absolute Gasteiger partial charge is 0.469 e. The molecule has 0 spiro atoms. The Morgan fingerprint density at radius 2 is 1.58 bits per heavy atom. The summed E-state index contributed by atoms with van der Waals surface area (Å²) in [5, 5.41) is 2.20. The Bertz CT molecular complexity index is 768. The summed E-state index contributed by atoms with van der Waals surface area (Å²) in [6.07, 6.45) is 0.0400. The normalized spacial score (nSPS) is 13.9. The fourth-order valence-corrected chi connectivity index (χ4v) is 3.08. The van der Waals surface area contributed by atoms with Crippen molar-refractivity contribution in [2.75, 3.05) is 7.11 Å². The number of hydrogen-bond donors (Lipinski definition) is 0. The minimum atomic E-state index is -0.354. The van der Waals surface area contributed by atoms with Crippen LogP contribution in [-0.2, 0) is 19.1 Å². The van der Waals surface area contributed by atoms with Crippen LogP contribution in [0.5, 0.6) is 0 Å². The van der Waals surface area contributed by atoms with Gasteiger partial charge in [0.15, 0.2) is 0 Å². The van der Waals surface area contributed by atoms with E-state index in [4.69, 9.17) is 9.47 Å². The van der Waals surface area contributed by atoms with Crippen LogP contribution in [0.25, 0.3) is 10.8 Å². The number of fused-ring (bicyclic) bond motifs is 1. The van der Waals surface area contributed by atoms with E-state index < -0.39 is 0 Å². The first-order valence-electron chi connectivity index (χ1n) is 8.96. The fraction of sp³-hybridized carbons (Fsp3) is 0.455. The van der Waals surface area contributed by atoms with Crippen LogP contribution in [0.1, 0.15) is 52.2 Å². The topological polar surface area (TPSA) is 52.6 Å². The van der Waals surface area contributed by atoms with Gasteiger partial charge in [0.1, 0.15) is 6.10 Å². The molecule has 0 radical (unpaired) electrons. The number of methoxy groups -OCH3 is 1. The van der Waals surface area contributed by atoms with E-state index in [0.29, 0.717) is 0 Å². The number of ether oxygens (including phenoxy) is 2. The van der Waals surface area contributed by atoms with Gasteiger partial charge in [-0.3, -0.25) is 9.59 Å². The maximum atomic E-state index is 12.5. The predicted molar refractivity (Wildman–Crippen MR) is 103 cm³/mol. The van der Waals surface area contributed by atoms with Gasteiger partial charge in [-0.05, 0) is 34.6 Å². The van der Waals surface area contributed by atoms with Gasteiger partial charge in [0.2, 0.25) is 0 Å². The summed E-state index contributed by atoms with van der Waals surface area (Å²) in [5.41, 5.74) is 0.785. The van der Waals surface area contributed by atoms with Gasteiger partial charge >= 0.3 is 11.9 Å². The van der Waals surface area contributed by atoms with E-state index >= 15 is 0 Å². The smallest absolute Gasteiger partial charge is 0.306 e. The van der Waals surface area contributed by atoms with Crippen molar-refractivity contribution >= 4 is 22.7 Å². The molecule has 2 atom stereocenters. The van der Waals surface area contributed by atoms with Crippen molar-refractivity contribution in [3.05, 3.63) is 48.0 Å². The number of benzene rings is 2. The van der Waals surface area contributed by atoms with Gasteiger partial charge in [-0.15, -0.1) is 0 Å². The Balaban J connectivity index is 2.11. The molecular weight excluding hydrogens is 328 g/mol. The zero-order valence-corrected chi connectivity index (χ0v) is 16.2. The molecule has 26 heavy (non-hydrogen) atoms. The molecule has 0 bridgehead atoms. The lowest BCUT2D eigenvalue weighted by atomic mass is 9.77. The summed E-state index contributed by atoms with van der Waals surface area (Å²) in [5.74, 6) is -0.740. The van der Waals surface area contributed by atoms with Crippen molar-refractivity contribution in [1.29, 1.82) is 0 Å². The number of carbonyl (C=O) groups excluding carboxylic acids is 2. The number of hydrogen-bond acceptors (Lipinski definition) is 4. The summed E-state index contributed by atoms with van der Waals surface area (Å²) >= 11 is 0.